The topological polar surface area (TPSA) is 66.8 Å². The number of hydrogen-bond donors (Lipinski definition) is 2. The first-order valence-electron chi connectivity index (χ1n) is 4.41. The van der Waals surface area contributed by atoms with E-state index >= 15 is 0 Å². The zero-order valence-corrected chi connectivity index (χ0v) is 8.23. The maximum absolute atomic E-state index is 11.2. The van der Waals surface area contributed by atoms with Crippen LogP contribution in [-0.2, 0) is 9.53 Å². The summed E-state index contributed by atoms with van der Waals surface area (Å²) in [5.41, 5.74) is 1.10. The number of aliphatic hydroxyl groups excluding tert-OH is 2. The first-order valence-corrected chi connectivity index (χ1v) is 4.41. The van der Waals surface area contributed by atoms with Crippen LogP contribution in [0.25, 0.3) is 0 Å². The monoisotopic (exact) mass is 198 g/mol. The molecule has 2 atom stereocenters. The number of aliphatic hydroxyl groups is 2. The highest BCUT2D eigenvalue weighted by Crippen LogP contribution is 2.22. The van der Waals surface area contributed by atoms with Gasteiger partial charge in [0.05, 0.1) is 12.2 Å². The van der Waals surface area contributed by atoms with Crippen LogP contribution in [0.3, 0.4) is 0 Å². The molecule has 4 heteroatoms. The molecule has 0 aromatic heterocycles. The van der Waals surface area contributed by atoms with E-state index in [9.17, 15) is 9.90 Å². The van der Waals surface area contributed by atoms with Gasteiger partial charge in [-0.15, -0.1) is 0 Å². The summed E-state index contributed by atoms with van der Waals surface area (Å²) in [7, 11) is 0. The third-order valence-corrected chi connectivity index (χ3v) is 1.92. The van der Waals surface area contributed by atoms with Gasteiger partial charge in [0.25, 0.3) is 0 Å². The van der Waals surface area contributed by atoms with E-state index < -0.39 is 18.2 Å². The molecule has 1 saturated heterocycles. The summed E-state index contributed by atoms with van der Waals surface area (Å²) < 4.78 is 4.90. The van der Waals surface area contributed by atoms with Gasteiger partial charge in [0.15, 0.2) is 6.10 Å². The van der Waals surface area contributed by atoms with E-state index in [-0.39, 0.29) is 12.2 Å². The Kier molecular flexibility index (Phi) is 3.43. The summed E-state index contributed by atoms with van der Waals surface area (Å²) in [6.45, 7) is 3.44. The lowest BCUT2D eigenvalue weighted by atomic mass is 10.1. The van der Waals surface area contributed by atoms with Crippen LogP contribution in [0.15, 0.2) is 23.3 Å². The molecule has 2 N–H and O–H groups in total. The average molecular weight is 198 g/mol. The minimum atomic E-state index is -0.968. The Balaban J connectivity index is 2.84. The van der Waals surface area contributed by atoms with Crippen molar-refractivity contribution in [1.29, 1.82) is 0 Å². The van der Waals surface area contributed by atoms with Gasteiger partial charge in [-0.1, -0.05) is 5.57 Å². The SMILES string of the molecule is CC(C)=C[C@H]1OC(=O)/C(=C/CO)[C@@H]1O. The molecular formula is C10H14O4. The van der Waals surface area contributed by atoms with Gasteiger partial charge in [-0.25, -0.2) is 4.79 Å². The molecule has 0 unspecified atom stereocenters. The van der Waals surface area contributed by atoms with Gasteiger partial charge in [-0.2, -0.15) is 0 Å². The highest BCUT2D eigenvalue weighted by molar-refractivity contribution is 5.92. The van der Waals surface area contributed by atoms with Crippen molar-refractivity contribution < 1.29 is 19.7 Å². The van der Waals surface area contributed by atoms with Crippen molar-refractivity contribution in [3.05, 3.63) is 23.3 Å². The molecule has 14 heavy (non-hydrogen) atoms. The van der Waals surface area contributed by atoms with Crippen molar-refractivity contribution in [3.8, 4) is 0 Å². The van der Waals surface area contributed by atoms with E-state index in [0.29, 0.717) is 0 Å². The Hall–Kier alpha value is -1.13. The van der Waals surface area contributed by atoms with Crippen LogP contribution < -0.4 is 0 Å². The lowest BCUT2D eigenvalue weighted by molar-refractivity contribution is -0.137. The third kappa shape index (κ3) is 2.21. The Morgan fingerprint density at radius 3 is 2.71 bits per heavy atom. The fourth-order valence-electron chi connectivity index (χ4n) is 1.31. The van der Waals surface area contributed by atoms with E-state index in [1.54, 1.807) is 6.08 Å². The van der Waals surface area contributed by atoms with Gasteiger partial charge in [0, 0.05) is 0 Å². The fraction of sp³-hybridized carbons (Fsp3) is 0.500. The van der Waals surface area contributed by atoms with E-state index in [0.717, 1.165) is 5.57 Å². The van der Waals surface area contributed by atoms with Crippen molar-refractivity contribution in [3.63, 3.8) is 0 Å². The quantitative estimate of drug-likeness (QED) is 0.377. The molecule has 4 nitrogen and oxygen atoms in total. The number of ether oxygens (including phenoxy) is 1. The zero-order chi connectivity index (χ0) is 10.7. The molecule has 0 bridgehead atoms. The molecule has 1 aliphatic rings. The van der Waals surface area contributed by atoms with Gasteiger partial charge in [-0.3, -0.25) is 0 Å². The smallest absolute Gasteiger partial charge is 0.337 e. The van der Waals surface area contributed by atoms with Crippen LogP contribution in [0, 0.1) is 0 Å². The summed E-state index contributed by atoms with van der Waals surface area (Å²) in [6, 6.07) is 0. The summed E-state index contributed by atoms with van der Waals surface area (Å²) in [5, 5.41) is 18.2. The molecule has 0 amide bonds. The van der Waals surface area contributed by atoms with E-state index in [1.807, 2.05) is 13.8 Å². The first-order chi connectivity index (χ1) is 6.56. The Morgan fingerprint density at radius 1 is 1.57 bits per heavy atom. The molecule has 0 aromatic carbocycles. The molecule has 0 radical (unpaired) electrons. The van der Waals surface area contributed by atoms with Crippen molar-refractivity contribution in [1.82, 2.24) is 0 Å². The summed E-state index contributed by atoms with van der Waals surface area (Å²) in [5.74, 6) is -0.561. The molecule has 0 saturated carbocycles. The number of carbonyl (C=O) groups is 1. The Labute approximate surface area is 82.5 Å². The highest BCUT2D eigenvalue weighted by Gasteiger charge is 2.36. The molecule has 0 aliphatic carbocycles. The fourth-order valence-corrected chi connectivity index (χ4v) is 1.31. The van der Waals surface area contributed by atoms with E-state index in [2.05, 4.69) is 0 Å². The number of rotatable bonds is 2. The standard InChI is InChI=1S/C10H14O4/c1-6(2)5-8-9(12)7(3-4-11)10(13)14-8/h3,5,8-9,11-12H,4H2,1-2H3/b7-3+/t8-,9+/m1/s1. The van der Waals surface area contributed by atoms with E-state index in [1.165, 1.54) is 6.08 Å². The second-order valence-electron chi connectivity index (χ2n) is 3.40. The summed E-state index contributed by atoms with van der Waals surface area (Å²) in [4.78, 5) is 11.2. The molecule has 1 aliphatic heterocycles. The van der Waals surface area contributed by atoms with Gasteiger partial charge >= 0.3 is 5.97 Å². The molecule has 0 aromatic rings. The number of esters is 1. The Bertz CT molecular complexity index is 286. The second-order valence-corrected chi connectivity index (χ2v) is 3.40. The summed E-state index contributed by atoms with van der Waals surface area (Å²) in [6.07, 6.45) is 1.36. The zero-order valence-electron chi connectivity index (χ0n) is 8.23. The highest BCUT2D eigenvalue weighted by atomic mass is 16.6. The number of allylic oxidation sites excluding steroid dienone is 1. The second kappa shape index (κ2) is 4.39. The minimum absolute atomic E-state index is 0.134. The van der Waals surface area contributed by atoms with Crippen molar-refractivity contribution in [2.75, 3.05) is 6.61 Å². The van der Waals surface area contributed by atoms with Crippen molar-refractivity contribution in [2.24, 2.45) is 0 Å². The van der Waals surface area contributed by atoms with Crippen LogP contribution in [0.5, 0.6) is 0 Å². The van der Waals surface area contributed by atoms with Crippen LogP contribution in [-0.4, -0.2) is 35.0 Å². The number of hydrogen-bond acceptors (Lipinski definition) is 4. The lowest BCUT2D eigenvalue weighted by Gasteiger charge is -2.07. The molecule has 1 rings (SSSR count). The molecule has 1 fully saturated rings. The predicted molar refractivity (Wildman–Crippen MR) is 50.5 cm³/mol. The predicted octanol–water partition coefficient (Wildman–Crippen LogP) is 0.158. The molecular weight excluding hydrogens is 184 g/mol. The maximum Gasteiger partial charge on any atom is 0.337 e. The summed E-state index contributed by atoms with van der Waals surface area (Å²) >= 11 is 0. The molecule has 1 heterocycles. The maximum atomic E-state index is 11.2. The molecule has 0 spiro atoms. The van der Waals surface area contributed by atoms with Gasteiger partial charge < -0.3 is 14.9 Å². The molecule has 78 valence electrons. The first kappa shape index (κ1) is 10.9. The average Bonchev–Trinajstić information content (AvgIpc) is 2.32. The lowest BCUT2D eigenvalue weighted by Crippen LogP contribution is -2.19. The number of cyclic esters (lactones) is 1. The van der Waals surface area contributed by atoms with Gasteiger partial charge in [-0.05, 0) is 26.0 Å². The minimum Gasteiger partial charge on any atom is -0.452 e. The largest absolute Gasteiger partial charge is 0.452 e. The normalized spacial score (nSPS) is 29.1. The van der Waals surface area contributed by atoms with Gasteiger partial charge in [0.1, 0.15) is 6.10 Å². The Morgan fingerprint density at radius 2 is 2.21 bits per heavy atom. The van der Waals surface area contributed by atoms with Crippen LogP contribution in [0.4, 0.5) is 0 Å². The van der Waals surface area contributed by atoms with Crippen molar-refractivity contribution in [2.45, 2.75) is 26.1 Å². The van der Waals surface area contributed by atoms with Crippen LogP contribution in [0.1, 0.15) is 13.8 Å². The van der Waals surface area contributed by atoms with E-state index in [4.69, 9.17) is 9.84 Å². The van der Waals surface area contributed by atoms with Crippen LogP contribution in [0.2, 0.25) is 0 Å². The number of carbonyl (C=O) groups excluding carboxylic acids is 1. The van der Waals surface area contributed by atoms with Crippen molar-refractivity contribution >= 4 is 5.97 Å². The van der Waals surface area contributed by atoms with Crippen LogP contribution >= 0.6 is 0 Å². The van der Waals surface area contributed by atoms with Gasteiger partial charge in [0.2, 0.25) is 0 Å². The third-order valence-electron chi connectivity index (χ3n) is 1.92.